The molecule has 1 rings (SSSR count). The summed E-state index contributed by atoms with van der Waals surface area (Å²) in [6, 6.07) is 4.02. The van der Waals surface area contributed by atoms with Crippen LogP contribution in [0.3, 0.4) is 0 Å². The van der Waals surface area contributed by atoms with Crippen LogP contribution in [0.1, 0.15) is 81.9 Å². The van der Waals surface area contributed by atoms with Crippen LogP contribution < -0.4 is 22.9 Å². The average Bonchev–Trinajstić information content (AvgIpc) is 2.48. The van der Waals surface area contributed by atoms with Gasteiger partial charge in [0.05, 0.1) is 0 Å². The van der Waals surface area contributed by atoms with Crippen molar-refractivity contribution in [2.45, 2.75) is 83.8 Å². The van der Waals surface area contributed by atoms with Crippen molar-refractivity contribution in [2.24, 2.45) is 17.2 Å². The number of unbranched alkanes of at least 4 members (excludes halogenated alkanes) is 6. The van der Waals surface area contributed by atoms with E-state index < -0.39 is 5.79 Å². The topological polar surface area (TPSA) is 104 Å². The number of benzene rings is 1. The third-order valence-electron chi connectivity index (χ3n) is 4.50. The molecule has 0 aliphatic heterocycles. The summed E-state index contributed by atoms with van der Waals surface area (Å²) < 4.78 is 0. The quantitative estimate of drug-likeness (QED) is 0.284. The highest BCUT2D eigenvalue weighted by atomic mass is 15.1. The molecule has 0 saturated heterocycles. The first-order valence-corrected chi connectivity index (χ1v) is 9.19. The van der Waals surface area contributed by atoms with E-state index in [-0.39, 0.29) is 0 Å². The zero-order chi connectivity index (χ0) is 17.3. The van der Waals surface area contributed by atoms with Crippen LogP contribution in [-0.4, -0.2) is 0 Å². The Hall–Kier alpha value is -1.10. The Labute approximate surface area is 142 Å². The zero-order valence-electron chi connectivity index (χ0n) is 15.0. The molecule has 4 heteroatoms. The molecule has 132 valence electrons. The highest BCUT2D eigenvalue weighted by Crippen LogP contribution is 2.28. The Kier molecular flexibility index (Phi) is 8.59. The van der Waals surface area contributed by atoms with Crippen molar-refractivity contribution >= 4 is 5.69 Å². The molecule has 0 spiro atoms. The fourth-order valence-corrected chi connectivity index (χ4v) is 3.09. The van der Waals surface area contributed by atoms with Gasteiger partial charge in [0.15, 0.2) is 0 Å². The Bertz CT molecular complexity index is 463. The molecule has 8 N–H and O–H groups in total. The smallest absolute Gasteiger partial charge is 0.144 e. The maximum Gasteiger partial charge on any atom is 0.144 e. The third kappa shape index (κ3) is 6.50. The Balaban J connectivity index is 2.91. The minimum Gasteiger partial charge on any atom is -0.398 e. The minimum atomic E-state index is -1.37. The van der Waals surface area contributed by atoms with Crippen LogP contribution in [0.4, 0.5) is 5.69 Å². The van der Waals surface area contributed by atoms with Crippen LogP contribution in [0.5, 0.6) is 0 Å². The maximum absolute atomic E-state index is 6.38. The van der Waals surface area contributed by atoms with Gasteiger partial charge >= 0.3 is 0 Å². The van der Waals surface area contributed by atoms with E-state index in [0.717, 1.165) is 19.3 Å². The summed E-state index contributed by atoms with van der Waals surface area (Å²) in [5, 5.41) is 0. The lowest BCUT2D eigenvalue weighted by molar-refractivity contribution is 0.489. The van der Waals surface area contributed by atoms with Gasteiger partial charge in [-0.25, -0.2) is 0 Å². The van der Waals surface area contributed by atoms with Gasteiger partial charge in [0.2, 0.25) is 0 Å². The molecule has 0 unspecified atom stereocenters. The lowest BCUT2D eigenvalue weighted by atomic mass is 9.91. The van der Waals surface area contributed by atoms with Crippen molar-refractivity contribution < 1.29 is 0 Å². The van der Waals surface area contributed by atoms with E-state index in [9.17, 15) is 0 Å². The summed E-state index contributed by atoms with van der Waals surface area (Å²) in [5.74, 6) is -1.37. The lowest BCUT2D eigenvalue weighted by Gasteiger charge is -2.24. The number of nitrogen functional groups attached to an aromatic ring is 1. The molecule has 0 heterocycles. The number of anilines is 1. The number of aryl methyl sites for hydroxylation is 1. The Morgan fingerprint density at radius 1 is 0.783 bits per heavy atom. The molecule has 0 atom stereocenters. The molecular weight excluding hydrogens is 284 g/mol. The van der Waals surface area contributed by atoms with Gasteiger partial charge in [-0.1, -0.05) is 64.5 Å². The van der Waals surface area contributed by atoms with E-state index in [1.165, 1.54) is 56.1 Å². The van der Waals surface area contributed by atoms with E-state index in [2.05, 4.69) is 19.9 Å². The van der Waals surface area contributed by atoms with Crippen molar-refractivity contribution in [3.8, 4) is 0 Å². The van der Waals surface area contributed by atoms with Crippen LogP contribution in [-0.2, 0) is 18.6 Å². The molecule has 0 aliphatic carbocycles. The third-order valence-corrected chi connectivity index (χ3v) is 4.50. The predicted molar refractivity (Wildman–Crippen MR) is 101 cm³/mol. The zero-order valence-corrected chi connectivity index (χ0v) is 15.0. The van der Waals surface area contributed by atoms with Crippen LogP contribution in [0.25, 0.3) is 0 Å². The molecule has 1 aromatic carbocycles. The second-order valence-electron chi connectivity index (χ2n) is 6.72. The van der Waals surface area contributed by atoms with Gasteiger partial charge in [0.25, 0.3) is 0 Å². The summed E-state index contributed by atoms with van der Waals surface area (Å²) >= 11 is 0. The number of nitrogens with two attached hydrogens (primary N) is 4. The van der Waals surface area contributed by atoms with Gasteiger partial charge in [-0.2, -0.15) is 0 Å². The summed E-state index contributed by atoms with van der Waals surface area (Å²) in [7, 11) is 0. The van der Waals surface area contributed by atoms with E-state index in [1.54, 1.807) is 0 Å². The minimum absolute atomic E-state index is 0.653. The number of rotatable bonds is 11. The van der Waals surface area contributed by atoms with Crippen molar-refractivity contribution in [1.29, 1.82) is 0 Å². The monoisotopic (exact) mass is 320 g/mol. The highest BCUT2D eigenvalue weighted by molar-refractivity contribution is 5.59. The summed E-state index contributed by atoms with van der Waals surface area (Å²) in [5.41, 5.74) is 27.9. The first-order chi connectivity index (χ1) is 10.9. The summed E-state index contributed by atoms with van der Waals surface area (Å²) in [6.07, 6.45) is 11.9. The van der Waals surface area contributed by atoms with Gasteiger partial charge in [-0.15, -0.1) is 0 Å². The van der Waals surface area contributed by atoms with Crippen LogP contribution in [0, 0.1) is 0 Å². The van der Waals surface area contributed by atoms with E-state index in [4.69, 9.17) is 22.9 Å². The van der Waals surface area contributed by atoms with E-state index >= 15 is 0 Å². The molecular formula is C19H36N4. The lowest BCUT2D eigenvalue weighted by Crippen LogP contribution is -2.54. The Morgan fingerprint density at radius 2 is 1.35 bits per heavy atom. The van der Waals surface area contributed by atoms with Crippen LogP contribution in [0.15, 0.2) is 12.1 Å². The normalized spacial score (nSPS) is 11.9. The van der Waals surface area contributed by atoms with Crippen LogP contribution in [0.2, 0.25) is 0 Å². The average molecular weight is 321 g/mol. The first-order valence-electron chi connectivity index (χ1n) is 9.19. The molecule has 0 saturated carbocycles. The fourth-order valence-electron chi connectivity index (χ4n) is 3.09. The standard InChI is InChI=1S/C19H36N4/c1-3-5-7-9-11-15-13-14-17(19(21,22)23)18(20)16(15)12-10-8-6-4-2/h13-14H,3-12,20-23H2,1-2H3. The van der Waals surface area contributed by atoms with Gasteiger partial charge in [-0.05, 0) is 36.8 Å². The van der Waals surface area contributed by atoms with E-state index in [1.807, 2.05) is 6.07 Å². The predicted octanol–water partition coefficient (Wildman–Crippen LogP) is 3.50. The molecule has 4 nitrogen and oxygen atoms in total. The first kappa shape index (κ1) is 19.9. The van der Waals surface area contributed by atoms with Crippen LogP contribution >= 0.6 is 0 Å². The van der Waals surface area contributed by atoms with E-state index in [0.29, 0.717) is 11.3 Å². The van der Waals surface area contributed by atoms with Gasteiger partial charge < -0.3 is 5.73 Å². The molecule has 0 aliphatic rings. The number of hydrogen-bond donors (Lipinski definition) is 4. The van der Waals surface area contributed by atoms with Gasteiger partial charge in [0.1, 0.15) is 5.79 Å². The fraction of sp³-hybridized carbons (Fsp3) is 0.684. The van der Waals surface area contributed by atoms with Crippen molar-refractivity contribution in [2.75, 3.05) is 5.73 Å². The van der Waals surface area contributed by atoms with Crippen molar-refractivity contribution in [3.63, 3.8) is 0 Å². The summed E-state index contributed by atoms with van der Waals surface area (Å²) in [4.78, 5) is 0. The second kappa shape index (κ2) is 9.91. The molecule has 0 bridgehead atoms. The van der Waals surface area contributed by atoms with Crippen molar-refractivity contribution in [1.82, 2.24) is 0 Å². The molecule has 1 aromatic rings. The summed E-state index contributed by atoms with van der Waals surface area (Å²) in [6.45, 7) is 4.45. The largest absolute Gasteiger partial charge is 0.398 e. The van der Waals surface area contributed by atoms with Gasteiger partial charge in [-0.3, -0.25) is 17.2 Å². The molecule has 23 heavy (non-hydrogen) atoms. The SMILES string of the molecule is CCCCCCc1ccc(C(N)(N)N)c(N)c1CCCCCC. The molecule has 0 aromatic heterocycles. The molecule has 0 fully saturated rings. The van der Waals surface area contributed by atoms with Crippen molar-refractivity contribution in [3.05, 3.63) is 28.8 Å². The highest BCUT2D eigenvalue weighted by Gasteiger charge is 2.21. The molecule has 0 radical (unpaired) electrons. The Morgan fingerprint density at radius 3 is 1.87 bits per heavy atom. The van der Waals surface area contributed by atoms with Gasteiger partial charge in [0, 0.05) is 11.3 Å². The maximum atomic E-state index is 6.38. The second-order valence-corrected chi connectivity index (χ2v) is 6.72. The number of hydrogen-bond acceptors (Lipinski definition) is 4. The molecule has 0 amide bonds.